The lowest BCUT2D eigenvalue weighted by Crippen LogP contribution is -2.25. The van der Waals surface area contributed by atoms with E-state index in [4.69, 9.17) is 0 Å². The van der Waals surface area contributed by atoms with E-state index in [-0.39, 0.29) is 11.4 Å². The maximum absolute atomic E-state index is 12.9. The average molecular weight is 264 g/mol. The van der Waals surface area contributed by atoms with Crippen LogP contribution in [0.3, 0.4) is 0 Å². The predicted molar refractivity (Wildman–Crippen MR) is 72.3 cm³/mol. The predicted octanol–water partition coefficient (Wildman–Crippen LogP) is 2.50. The van der Waals surface area contributed by atoms with Crippen molar-refractivity contribution in [1.82, 2.24) is 9.78 Å². The molecule has 0 unspecified atom stereocenters. The summed E-state index contributed by atoms with van der Waals surface area (Å²) in [5.74, 6) is 0.0622. The summed E-state index contributed by atoms with van der Waals surface area (Å²) in [6, 6.07) is 7.74. The molecule has 0 radical (unpaired) electrons. The highest BCUT2D eigenvalue weighted by Gasteiger charge is 2.08. The number of halogens is 1. The van der Waals surface area contributed by atoms with E-state index < -0.39 is 0 Å². The number of hydrogen-bond donors (Lipinski definition) is 1. The fourth-order valence-electron chi connectivity index (χ4n) is 1.69. The molecule has 0 saturated carbocycles. The van der Waals surface area contributed by atoms with Gasteiger partial charge in [0.1, 0.15) is 5.82 Å². The molecular weight excluding hydrogens is 251 g/mol. The minimum absolute atomic E-state index is 0.127. The van der Waals surface area contributed by atoms with Gasteiger partial charge in [0.2, 0.25) is 0 Å². The smallest absolute Gasteiger partial charge is 0.267 e. The Kier molecular flexibility index (Phi) is 3.81. The van der Waals surface area contributed by atoms with E-state index in [0.717, 1.165) is 5.56 Å². The lowest BCUT2D eigenvalue weighted by Gasteiger charge is -2.08. The molecular formula is C13H13FN2OS. The molecule has 0 fully saturated rings. The zero-order valence-electron chi connectivity index (χ0n) is 9.93. The molecule has 0 aliphatic carbocycles. The Morgan fingerprint density at radius 2 is 2.00 bits per heavy atom. The van der Waals surface area contributed by atoms with Crippen LogP contribution < -0.4 is 5.56 Å². The van der Waals surface area contributed by atoms with E-state index in [1.165, 1.54) is 16.8 Å². The van der Waals surface area contributed by atoms with E-state index in [2.05, 4.69) is 17.7 Å². The third-order valence-corrected chi connectivity index (χ3v) is 3.00. The summed E-state index contributed by atoms with van der Waals surface area (Å²) >= 11 is 4.14. The van der Waals surface area contributed by atoms with Crippen molar-refractivity contribution >= 4 is 12.6 Å². The Morgan fingerprint density at radius 1 is 1.33 bits per heavy atom. The Balaban J connectivity index is 2.57. The van der Waals surface area contributed by atoms with E-state index in [1.807, 2.05) is 6.92 Å². The first-order valence-corrected chi connectivity index (χ1v) is 6.26. The van der Waals surface area contributed by atoms with Gasteiger partial charge < -0.3 is 0 Å². The van der Waals surface area contributed by atoms with E-state index in [0.29, 0.717) is 23.6 Å². The second-order valence-electron chi connectivity index (χ2n) is 3.84. The molecule has 1 aromatic heterocycles. The zero-order valence-corrected chi connectivity index (χ0v) is 10.8. The second-order valence-corrected chi connectivity index (χ2v) is 4.16. The Bertz CT molecular complexity index is 579. The molecule has 5 heteroatoms. The molecule has 94 valence electrons. The highest BCUT2D eigenvalue weighted by molar-refractivity contribution is 7.79. The molecule has 1 heterocycles. The number of benzene rings is 1. The summed E-state index contributed by atoms with van der Waals surface area (Å²) in [7, 11) is 0. The number of aryl methyl sites for hydroxylation is 1. The molecule has 0 amide bonds. The molecule has 2 aromatic rings. The topological polar surface area (TPSA) is 34.9 Å². The lowest BCUT2D eigenvalue weighted by atomic mass is 10.1. The van der Waals surface area contributed by atoms with Crippen LogP contribution in [0.1, 0.15) is 12.5 Å². The first-order valence-electron chi connectivity index (χ1n) is 5.63. The van der Waals surface area contributed by atoms with Gasteiger partial charge in [-0.3, -0.25) is 4.79 Å². The summed E-state index contributed by atoms with van der Waals surface area (Å²) < 4.78 is 14.3. The minimum Gasteiger partial charge on any atom is -0.267 e. The fraction of sp³-hybridized carbons (Fsp3) is 0.231. The number of hydrogen-bond acceptors (Lipinski definition) is 3. The van der Waals surface area contributed by atoms with E-state index in [9.17, 15) is 9.18 Å². The van der Waals surface area contributed by atoms with Crippen molar-refractivity contribution in [2.75, 3.05) is 0 Å². The third kappa shape index (κ3) is 2.46. The zero-order chi connectivity index (χ0) is 13.1. The monoisotopic (exact) mass is 264 g/mol. The van der Waals surface area contributed by atoms with Gasteiger partial charge in [-0.05, 0) is 37.3 Å². The minimum atomic E-state index is -0.294. The van der Waals surface area contributed by atoms with Crippen LogP contribution in [0.25, 0.3) is 11.3 Å². The third-order valence-electron chi connectivity index (χ3n) is 2.66. The van der Waals surface area contributed by atoms with Gasteiger partial charge in [-0.1, -0.05) is 0 Å². The Labute approximate surface area is 110 Å². The number of aromatic nitrogens is 2. The van der Waals surface area contributed by atoms with Crippen LogP contribution in [0.4, 0.5) is 4.39 Å². The highest BCUT2D eigenvalue weighted by atomic mass is 32.1. The van der Waals surface area contributed by atoms with E-state index in [1.54, 1.807) is 18.2 Å². The second kappa shape index (κ2) is 5.35. The van der Waals surface area contributed by atoms with Crippen LogP contribution in [-0.4, -0.2) is 9.78 Å². The lowest BCUT2D eigenvalue weighted by molar-refractivity contribution is 0.613. The molecule has 0 spiro atoms. The van der Waals surface area contributed by atoms with Crippen molar-refractivity contribution in [3.8, 4) is 11.3 Å². The number of thiol groups is 1. The molecule has 0 N–H and O–H groups in total. The molecule has 18 heavy (non-hydrogen) atoms. The molecule has 0 saturated heterocycles. The van der Waals surface area contributed by atoms with Crippen LogP contribution in [0.5, 0.6) is 0 Å². The highest BCUT2D eigenvalue weighted by Crippen LogP contribution is 2.17. The average Bonchev–Trinajstić information content (AvgIpc) is 2.40. The van der Waals surface area contributed by atoms with Crippen molar-refractivity contribution in [3.05, 3.63) is 52.1 Å². The van der Waals surface area contributed by atoms with Gasteiger partial charge >= 0.3 is 0 Å². The van der Waals surface area contributed by atoms with Crippen molar-refractivity contribution in [2.24, 2.45) is 0 Å². The SMILES string of the molecule is CCn1nc(-c2ccc(F)cc2)cc(CS)c1=O. The Morgan fingerprint density at radius 3 is 2.56 bits per heavy atom. The van der Waals surface area contributed by atoms with Gasteiger partial charge in [0, 0.05) is 23.4 Å². The number of nitrogens with zero attached hydrogens (tertiary/aromatic N) is 2. The van der Waals surface area contributed by atoms with Crippen molar-refractivity contribution in [2.45, 2.75) is 19.2 Å². The van der Waals surface area contributed by atoms with E-state index >= 15 is 0 Å². The van der Waals surface area contributed by atoms with Crippen LogP contribution in [-0.2, 0) is 12.3 Å². The molecule has 0 bridgehead atoms. The van der Waals surface area contributed by atoms with Crippen LogP contribution in [0, 0.1) is 5.82 Å². The first kappa shape index (κ1) is 12.8. The quantitative estimate of drug-likeness (QED) is 0.864. The normalized spacial score (nSPS) is 10.6. The molecule has 0 aliphatic rings. The van der Waals surface area contributed by atoms with Crippen molar-refractivity contribution in [1.29, 1.82) is 0 Å². The largest absolute Gasteiger partial charge is 0.270 e. The first-order chi connectivity index (χ1) is 8.65. The fourth-order valence-corrected chi connectivity index (χ4v) is 1.91. The summed E-state index contributed by atoms with van der Waals surface area (Å²) in [6.07, 6.45) is 0. The number of rotatable bonds is 3. The molecule has 0 atom stereocenters. The van der Waals surface area contributed by atoms with Gasteiger partial charge in [-0.25, -0.2) is 9.07 Å². The van der Waals surface area contributed by atoms with Gasteiger partial charge in [-0.15, -0.1) is 0 Å². The van der Waals surface area contributed by atoms with Gasteiger partial charge in [-0.2, -0.15) is 17.7 Å². The molecule has 2 rings (SSSR count). The summed E-state index contributed by atoms with van der Waals surface area (Å²) in [4.78, 5) is 11.9. The standard InChI is InChI=1S/C13H13FN2OS/c1-2-16-13(17)10(8-18)7-12(15-16)9-3-5-11(14)6-4-9/h3-7,18H,2,8H2,1H3. The van der Waals surface area contributed by atoms with Crippen LogP contribution in [0.2, 0.25) is 0 Å². The van der Waals surface area contributed by atoms with Gasteiger partial charge in [0.05, 0.1) is 5.69 Å². The summed E-state index contributed by atoms with van der Waals surface area (Å²) in [6.45, 7) is 2.35. The van der Waals surface area contributed by atoms with Gasteiger partial charge in [0.25, 0.3) is 5.56 Å². The summed E-state index contributed by atoms with van der Waals surface area (Å²) in [5, 5.41) is 4.25. The van der Waals surface area contributed by atoms with Crippen molar-refractivity contribution in [3.63, 3.8) is 0 Å². The summed E-state index contributed by atoms with van der Waals surface area (Å²) in [5.41, 5.74) is 1.90. The maximum atomic E-state index is 12.9. The molecule has 3 nitrogen and oxygen atoms in total. The molecule has 0 aliphatic heterocycles. The van der Waals surface area contributed by atoms with Crippen LogP contribution >= 0.6 is 12.6 Å². The molecule has 1 aromatic carbocycles. The van der Waals surface area contributed by atoms with Crippen LogP contribution in [0.15, 0.2) is 35.1 Å². The maximum Gasteiger partial charge on any atom is 0.270 e. The Hall–Kier alpha value is -1.62. The van der Waals surface area contributed by atoms with Crippen molar-refractivity contribution < 1.29 is 4.39 Å². The van der Waals surface area contributed by atoms with Gasteiger partial charge in [0.15, 0.2) is 0 Å².